The third-order valence-corrected chi connectivity index (χ3v) is 7.25. The Labute approximate surface area is 202 Å². The molecule has 2 amide bonds. The maximum absolute atomic E-state index is 14.0. The number of alkyl halides is 5. The zero-order valence-electron chi connectivity index (χ0n) is 18.8. The molecule has 0 aromatic carbocycles. The van der Waals surface area contributed by atoms with Gasteiger partial charge in [0, 0.05) is 36.0 Å². The summed E-state index contributed by atoms with van der Waals surface area (Å²) in [6.07, 6.45) is -2.43. The van der Waals surface area contributed by atoms with Gasteiger partial charge in [-0.1, -0.05) is 0 Å². The summed E-state index contributed by atoms with van der Waals surface area (Å²) in [5.74, 6) is -1.36. The van der Waals surface area contributed by atoms with Crippen LogP contribution in [-0.4, -0.2) is 58.0 Å². The molecule has 2 aliphatic rings. The van der Waals surface area contributed by atoms with Crippen LogP contribution in [0.3, 0.4) is 0 Å². The average Bonchev–Trinajstić information content (AvgIpc) is 3.40. The van der Waals surface area contributed by atoms with E-state index in [1.54, 1.807) is 4.90 Å². The summed E-state index contributed by atoms with van der Waals surface area (Å²) in [4.78, 5) is 35.8. The zero-order valence-corrected chi connectivity index (χ0v) is 19.6. The van der Waals surface area contributed by atoms with Crippen molar-refractivity contribution in [3.8, 4) is 10.4 Å². The molecule has 1 atom stereocenters. The van der Waals surface area contributed by atoms with Crippen molar-refractivity contribution in [2.45, 2.75) is 63.7 Å². The second kappa shape index (κ2) is 10.0. The van der Waals surface area contributed by atoms with Crippen molar-refractivity contribution in [1.82, 2.24) is 20.2 Å². The first-order chi connectivity index (χ1) is 16.5. The molecule has 1 aliphatic carbocycles. The van der Waals surface area contributed by atoms with Gasteiger partial charge in [-0.3, -0.25) is 9.59 Å². The number of hydrogen-bond donors (Lipinski definition) is 2. The molecule has 4 rings (SSSR count). The fraction of sp³-hybridized carbons (Fsp3) is 0.545. The molecule has 190 valence electrons. The minimum Gasteiger partial charge on any atom is -0.361 e. The summed E-state index contributed by atoms with van der Waals surface area (Å²) in [5, 5.41) is 4.77. The lowest BCUT2D eigenvalue weighted by Crippen LogP contribution is -2.39. The van der Waals surface area contributed by atoms with Crippen LogP contribution in [0.15, 0.2) is 12.3 Å². The molecule has 2 N–H and O–H groups in total. The maximum atomic E-state index is 14.0. The predicted octanol–water partition coefficient (Wildman–Crippen LogP) is 5.02. The summed E-state index contributed by atoms with van der Waals surface area (Å²) in [6, 6.07) is 0.752. The Kier molecular flexibility index (Phi) is 7.25. The fourth-order valence-corrected chi connectivity index (χ4v) is 5.04. The van der Waals surface area contributed by atoms with E-state index in [0.717, 1.165) is 55.7 Å². The first kappa shape index (κ1) is 25.3. The predicted molar refractivity (Wildman–Crippen MR) is 120 cm³/mol. The molecule has 13 heteroatoms. The Bertz CT molecular complexity index is 1100. The van der Waals surface area contributed by atoms with E-state index >= 15 is 0 Å². The topological polar surface area (TPSA) is 87.2 Å². The summed E-state index contributed by atoms with van der Waals surface area (Å²) < 4.78 is 65.6. The molecular formula is C22H24F5N5O2S. The number of carbonyl (C=O) groups is 2. The molecule has 7 nitrogen and oxygen atoms in total. The van der Waals surface area contributed by atoms with E-state index in [1.165, 1.54) is 0 Å². The van der Waals surface area contributed by atoms with Crippen LogP contribution < -0.4 is 10.6 Å². The van der Waals surface area contributed by atoms with Gasteiger partial charge in [0.25, 0.3) is 18.2 Å². The summed E-state index contributed by atoms with van der Waals surface area (Å²) >= 11 is 0.796. The van der Waals surface area contributed by atoms with Crippen LogP contribution in [0.2, 0.25) is 0 Å². The first-order valence-electron chi connectivity index (χ1n) is 11.2. The lowest BCUT2D eigenvalue weighted by atomic mass is 9.93. The number of nitrogens with zero attached hydrogens (tertiary/aromatic N) is 3. The van der Waals surface area contributed by atoms with Gasteiger partial charge in [-0.15, -0.1) is 11.3 Å². The van der Waals surface area contributed by atoms with Gasteiger partial charge in [-0.05, 0) is 45.1 Å². The number of halogens is 5. The van der Waals surface area contributed by atoms with E-state index in [4.69, 9.17) is 0 Å². The third kappa shape index (κ3) is 5.71. The van der Waals surface area contributed by atoms with E-state index in [9.17, 15) is 31.5 Å². The van der Waals surface area contributed by atoms with Gasteiger partial charge in [0.1, 0.15) is 18.1 Å². The Balaban J connectivity index is 1.73. The van der Waals surface area contributed by atoms with Gasteiger partial charge in [0.05, 0.1) is 4.88 Å². The number of hydrogen-bond acceptors (Lipinski definition) is 6. The van der Waals surface area contributed by atoms with Gasteiger partial charge in [0.2, 0.25) is 0 Å². The molecule has 0 spiro atoms. The molecule has 3 heterocycles. The van der Waals surface area contributed by atoms with Crippen molar-refractivity contribution in [3.63, 3.8) is 0 Å². The largest absolute Gasteiger partial charge is 0.405 e. The second-order valence-electron chi connectivity index (χ2n) is 8.71. The third-order valence-electron chi connectivity index (χ3n) is 6.16. The van der Waals surface area contributed by atoms with Crippen molar-refractivity contribution in [2.75, 3.05) is 18.4 Å². The van der Waals surface area contributed by atoms with Gasteiger partial charge in [-0.25, -0.2) is 18.7 Å². The lowest BCUT2D eigenvalue weighted by Gasteiger charge is -2.25. The molecule has 0 bridgehead atoms. The quantitative estimate of drug-likeness (QED) is 0.504. The van der Waals surface area contributed by atoms with Crippen molar-refractivity contribution in [1.29, 1.82) is 0 Å². The Hall–Kier alpha value is -2.83. The van der Waals surface area contributed by atoms with Crippen LogP contribution in [0.25, 0.3) is 10.4 Å². The molecule has 2 aromatic rings. The Morgan fingerprint density at radius 1 is 1.23 bits per heavy atom. The fourth-order valence-electron chi connectivity index (χ4n) is 4.04. The minimum absolute atomic E-state index is 0.00453. The zero-order chi connectivity index (χ0) is 25.3. The van der Waals surface area contributed by atoms with Gasteiger partial charge < -0.3 is 15.5 Å². The number of carbonyl (C=O) groups excluding carboxylic acids is 2. The van der Waals surface area contributed by atoms with E-state index in [1.807, 2.05) is 12.2 Å². The number of amides is 2. The molecule has 35 heavy (non-hydrogen) atoms. The SMILES string of the molecule is CC1CCCN1C(=O)c1nc(C(=O)NC2CCC2)sc1-c1cnc(NCC(F)(F)F)cc1C(F)F. The molecule has 2 aromatic heterocycles. The Morgan fingerprint density at radius 3 is 2.54 bits per heavy atom. The van der Waals surface area contributed by atoms with Crippen LogP contribution in [0.1, 0.15) is 71.3 Å². The number of nitrogens with one attached hydrogen (secondary N) is 2. The highest BCUT2D eigenvalue weighted by molar-refractivity contribution is 7.17. The molecule has 1 saturated carbocycles. The van der Waals surface area contributed by atoms with Gasteiger partial charge >= 0.3 is 6.18 Å². The number of aromatic nitrogens is 2. The monoisotopic (exact) mass is 517 g/mol. The van der Waals surface area contributed by atoms with Crippen molar-refractivity contribution < 1.29 is 31.5 Å². The Morgan fingerprint density at radius 2 is 1.97 bits per heavy atom. The van der Waals surface area contributed by atoms with Crippen LogP contribution in [-0.2, 0) is 0 Å². The van der Waals surface area contributed by atoms with Crippen LogP contribution in [0, 0.1) is 0 Å². The number of anilines is 1. The maximum Gasteiger partial charge on any atom is 0.405 e. The van der Waals surface area contributed by atoms with Crippen molar-refractivity contribution >= 4 is 29.0 Å². The summed E-state index contributed by atoms with van der Waals surface area (Å²) in [6.45, 7) is 0.903. The van der Waals surface area contributed by atoms with E-state index in [-0.39, 0.29) is 39.0 Å². The number of rotatable bonds is 7. The second-order valence-corrected chi connectivity index (χ2v) is 9.71. The highest BCUT2D eigenvalue weighted by Gasteiger charge is 2.34. The number of likely N-dealkylation sites (tertiary alicyclic amines) is 1. The molecule has 1 saturated heterocycles. The van der Waals surface area contributed by atoms with Crippen LogP contribution in [0.5, 0.6) is 0 Å². The summed E-state index contributed by atoms with van der Waals surface area (Å²) in [5.41, 5.74) is -0.891. The van der Waals surface area contributed by atoms with Crippen molar-refractivity contribution in [3.05, 3.63) is 28.5 Å². The lowest BCUT2D eigenvalue weighted by molar-refractivity contribution is -0.115. The molecule has 1 aliphatic heterocycles. The minimum atomic E-state index is -4.56. The van der Waals surface area contributed by atoms with Crippen LogP contribution >= 0.6 is 11.3 Å². The molecule has 1 unspecified atom stereocenters. The van der Waals surface area contributed by atoms with Crippen LogP contribution in [0.4, 0.5) is 27.8 Å². The molecule has 2 fully saturated rings. The molecule has 0 radical (unpaired) electrons. The van der Waals surface area contributed by atoms with Gasteiger partial charge in [-0.2, -0.15) is 13.2 Å². The smallest absolute Gasteiger partial charge is 0.361 e. The van der Waals surface area contributed by atoms with E-state index in [2.05, 4.69) is 15.3 Å². The van der Waals surface area contributed by atoms with Gasteiger partial charge in [0.15, 0.2) is 5.01 Å². The number of pyridine rings is 1. The standard InChI is InChI=1S/C22H24F5N5O2S/c1-11-4-3-7-32(11)21(34)16-17(35-20(31-16)19(33)30-12-5-2-6-12)14-9-28-15(8-13(14)18(23)24)29-10-22(25,26)27/h8-9,11-12,18H,2-7,10H2,1H3,(H,28,29)(H,30,33). The highest BCUT2D eigenvalue weighted by atomic mass is 32.1. The molecular weight excluding hydrogens is 493 g/mol. The van der Waals surface area contributed by atoms with E-state index < -0.39 is 36.5 Å². The van der Waals surface area contributed by atoms with Crippen molar-refractivity contribution in [2.24, 2.45) is 0 Å². The number of thiazole rings is 1. The average molecular weight is 518 g/mol. The highest BCUT2D eigenvalue weighted by Crippen LogP contribution is 2.39. The first-order valence-corrected chi connectivity index (χ1v) is 12.1. The van der Waals surface area contributed by atoms with E-state index in [0.29, 0.717) is 6.54 Å². The summed E-state index contributed by atoms with van der Waals surface area (Å²) in [7, 11) is 0. The normalized spacial score (nSPS) is 18.6.